The molecule has 1 aliphatic rings. The highest BCUT2D eigenvalue weighted by Gasteiger charge is 2.34. The van der Waals surface area contributed by atoms with Crippen LogP contribution in [0, 0.1) is 12.7 Å². The van der Waals surface area contributed by atoms with E-state index in [1.807, 2.05) is 66.9 Å². The van der Waals surface area contributed by atoms with E-state index in [1.165, 1.54) is 6.07 Å². The summed E-state index contributed by atoms with van der Waals surface area (Å²) in [6, 6.07) is 23.5. The third-order valence-corrected chi connectivity index (χ3v) is 6.19. The Hall–Kier alpha value is -3.57. The number of carbonyl (C=O) groups is 1. The molecule has 6 heteroatoms. The van der Waals surface area contributed by atoms with Crippen molar-refractivity contribution in [2.75, 3.05) is 5.32 Å². The van der Waals surface area contributed by atoms with E-state index in [-0.39, 0.29) is 11.8 Å². The van der Waals surface area contributed by atoms with E-state index in [0.717, 1.165) is 22.5 Å². The minimum absolute atomic E-state index is 0.331. The van der Waals surface area contributed by atoms with Crippen molar-refractivity contribution in [2.24, 2.45) is 0 Å². The van der Waals surface area contributed by atoms with Crippen LogP contribution in [0.1, 0.15) is 28.4 Å². The third kappa shape index (κ3) is 3.55. The lowest BCUT2D eigenvalue weighted by molar-refractivity contribution is 0.194. The lowest BCUT2D eigenvalue weighted by Crippen LogP contribution is -2.38. The number of benzene rings is 3. The first-order valence-electron chi connectivity index (χ1n) is 10.4. The fraction of sp³-hybridized carbons (Fsp3) is 0.115. The number of urea groups is 1. The molecular formula is C26H21ClFN3O. The summed E-state index contributed by atoms with van der Waals surface area (Å²) < 4.78 is 16.2. The molecule has 1 unspecified atom stereocenters. The normalized spacial score (nSPS) is 15.0. The van der Waals surface area contributed by atoms with Gasteiger partial charge in [0.15, 0.2) is 0 Å². The molecule has 5 rings (SSSR count). The number of aromatic nitrogens is 1. The largest absolute Gasteiger partial charge is 0.322 e. The van der Waals surface area contributed by atoms with Crippen LogP contribution in [-0.4, -0.2) is 15.5 Å². The fourth-order valence-corrected chi connectivity index (χ4v) is 4.47. The highest BCUT2D eigenvalue weighted by molar-refractivity contribution is 6.31. The first-order valence-corrected chi connectivity index (χ1v) is 10.7. The second-order valence-electron chi connectivity index (χ2n) is 7.88. The van der Waals surface area contributed by atoms with Crippen LogP contribution < -0.4 is 5.32 Å². The minimum Gasteiger partial charge on any atom is -0.318 e. The van der Waals surface area contributed by atoms with Crippen LogP contribution in [0.25, 0.3) is 5.69 Å². The number of halogens is 2. The molecule has 0 fully saturated rings. The van der Waals surface area contributed by atoms with Crippen molar-refractivity contribution < 1.29 is 9.18 Å². The second kappa shape index (κ2) is 8.17. The SMILES string of the molecule is Cc1ccc(NC(=O)N2Cc3ccccc3-n3cccc3C2c2ccccc2Cl)cc1F. The van der Waals surface area contributed by atoms with Crippen molar-refractivity contribution in [3.63, 3.8) is 0 Å². The van der Waals surface area contributed by atoms with Gasteiger partial charge in [0.05, 0.1) is 17.9 Å². The number of amides is 2. The van der Waals surface area contributed by atoms with Crippen LogP contribution in [-0.2, 0) is 6.54 Å². The van der Waals surface area contributed by atoms with Gasteiger partial charge in [-0.1, -0.05) is 54.1 Å². The highest BCUT2D eigenvalue weighted by atomic mass is 35.5. The number of nitrogens with zero attached hydrogens (tertiary/aromatic N) is 2. The van der Waals surface area contributed by atoms with E-state index in [1.54, 1.807) is 24.0 Å². The number of carbonyl (C=O) groups excluding carboxylic acids is 1. The average Bonchev–Trinajstić information content (AvgIpc) is 3.21. The molecule has 0 spiro atoms. The Kier molecular flexibility index (Phi) is 5.19. The van der Waals surface area contributed by atoms with Gasteiger partial charge in [-0.2, -0.15) is 0 Å². The second-order valence-corrected chi connectivity index (χ2v) is 8.29. The van der Waals surface area contributed by atoms with Crippen molar-refractivity contribution >= 4 is 23.3 Å². The molecule has 1 aliphatic heterocycles. The van der Waals surface area contributed by atoms with Gasteiger partial charge in [-0.15, -0.1) is 0 Å². The molecule has 4 nitrogen and oxygen atoms in total. The molecule has 1 N–H and O–H groups in total. The number of hydrogen-bond acceptors (Lipinski definition) is 1. The first kappa shape index (κ1) is 20.3. The van der Waals surface area contributed by atoms with Gasteiger partial charge in [-0.25, -0.2) is 9.18 Å². The molecule has 0 saturated heterocycles. The molecule has 160 valence electrons. The standard InChI is InChI=1S/C26H21ClFN3O/c1-17-12-13-19(15-22(17)28)29-26(32)31-16-18-7-2-5-10-23(18)30-14-6-11-24(30)25(31)20-8-3-4-9-21(20)27/h2-15,25H,16H2,1H3,(H,29,32). The van der Waals surface area contributed by atoms with E-state index in [4.69, 9.17) is 11.6 Å². The molecule has 1 atom stereocenters. The van der Waals surface area contributed by atoms with Crippen LogP contribution in [0.3, 0.4) is 0 Å². The van der Waals surface area contributed by atoms with Crippen LogP contribution in [0.4, 0.5) is 14.9 Å². The summed E-state index contributed by atoms with van der Waals surface area (Å²) >= 11 is 6.61. The zero-order valence-electron chi connectivity index (χ0n) is 17.4. The van der Waals surface area contributed by atoms with Gasteiger partial charge < -0.3 is 14.8 Å². The molecule has 2 amide bonds. The van der Waals surface area contributed by atoms with Gasteiger partial charge in [0.25, 0.3) is 0 Å². The smallest absolute Gasteiger partial charge is 0.318 e. The first-order chi connectivity index (χ1) is 15.5. The molecule has 0 saturated carbocycles. The van der Waals surface area contributed by atoms with E-state index in [0.29, 0.717) is 22.8 Å². The number of anilines is 1. The molecular weight excluding hydrogens is 425 g/mol. The lowest BCUT2D eigenvalue weighted by atomic mass is 10.0. The number of nitrogens with one attached hydrogen (secondary N) is 1. The van der Waals surface area contributed by atoms with E-state index in [9.17, 15) is 9.18 Å². The molecule has 4 aromatic rings. The monoisotopic (exact) mass is 445 g/mol. The summed E-state index contributed by atoms with van der Waals surface area (Å²) in [7, 11) is 0. The summed E-state index contributed by atoms with van der Waals surface area (Å²) in [6.45, 7) is 2.06. The number of para-hydroxylation sites is 1. The molecule has 1 aromatic heterocycles. The van der Waals surface area contributed by atoms with E-state index < -0.39 is 6.04 Å². The predicted octanol–water partition coefficient (Wildman–Crippen LogP) is 6.72. The molecule has 0 bridgehead atoms. The lowest BCUT2D eigenvalue weighted by Gasteiger charge is -2.31. The summed E-state index contributed by atoms with van der Waals surface area (Å²) in [4.78, 5) is 15.3. The zero-order valence-corrected chi connectivity index (χ0v) is 18.2. The molecule has 32 heavy (non-hydrogen) atoms. The molecule has 0 radical (unpaired) electrons. The maximum atomic E-state index is 14.1. The van der Waals surface area contributed by atoms with E-state index >= 15 is 0 Å². The van der Waals surface area contributed by atoms with Crippen molar-refractivity contribution in [3.8, 4) is 5.69 Å². The van der Waals surface area contributed by atoms with Crippen LogP contribution in [0.2, 0.25) is 5.02 Å². The Balaban J connectivity index is 1.64. The number of hydrogen-bond donors (Lipinski definition) is 1. The Labute approximate surface area is 190 Å². The fourth-order valence-electron chi connectivity index (χ4n) is 4.23. The Morgan fingerprint density at radius 2 is 1.81 bits per heavy atom. The summed E-state index contributed by atoms with van der Waals surface area (Å²) in [5, 5.41) is 3.45. The topological polar surface area (TPSA) is 37.3 Å². The predicted molar refractivity (Wildman–Crippen MR) is 125 cm³/mol. The van der Waals surface area contributed by atoms with Crippen molar-refractivity contribution in [1.29, 1.82) is 0 Å². The third-order valence-electron chi connectivity index (χ3n) is 5.85. The summed E-state index contributed by atoms with van der Waals surface area (Å²) in [5.74, 6) is -0.361. The Bertz CT molecular complexity index is 1320. The number of rotatable bonds is 2. The highest BCUT2D eigenvalue weighted by Crippen LogP contribution is 2.39. The zero-order chi connectivity index (χ0) is 22.2. The maximum Gasteiger partial charge on any atom is 0.322 e. The Morgan fingerprint density at radius 3 is 2.62 bits per heavy atom. The van der Waals surface area contributed by atoms with Crippen LogP contribution >= 0.6 is 11.6 Å². The molecule has 0 aliphatic carbocycles. The quantitative estimate of drug-likeness (QED) is 0.365. The summed E-state index contributed by atoms with van der Waals surface area (Å²) in [6.07, 6.45) is 1.99. The van der Waals surface area contributed by atoms with Gasteiger partial charge in [0.1, 0.15) is 11.9 Å². The maximum absolute atomic E-state index is 14.1. The molecule has 2 heterocycles. The summed E-state index contributed by atoms with van der Waals surface area (Å²) in [5.41, 5.74) is 4.70. The van der Waals surface area contributed by atoms with Crippen molar-refractivity contribution in [2.45, 2.75) is 19.5 Å². The minimum atomic E-state index is -0.429. The van der Waals surface area contributed by atoms with Gasteiger partial charge >= 0.3 is 6.03 Å². The van der Waals surface area contributed by atoms with E-state index in [2.05, 4.69) is 9.88 Å². The van der Waals surface area contributed by atoms with Gasteiger partial charge in [-0.05, 0) is 60.0 Å². The van der Waals surface area contributed by atoms with Crippen LogP contribution in [0.5, 0.6) is 0 Å². The number of aryl methyl sites for hydroxylation is 1. The average molecular weight is 446 g/mol. The van der Waals surface area contributed by atoms with Crippen molar-refractivity contribution in [1.82, 2.24) is 9.47 Å². The Morgan fingerprint density at radius 1 is 1.03 bits per heavy atom. The van der Waals surface area contributed by atoms with Crippen LogP contribution in [0.15, 0.2) is 85.1 Å². The van der Waals surface area contributed by atoms with Gasteiger partial charge in [0, 0.05) is 16.9 Å². The molecule has 3 aromatic carbocycles. The number of fused-ring (bicyclic) bond motifs is 3. The van der Waals surface area contributed by atoms with Crippen molar-refractivity contribution in [3.05, 3.63) is 118 Å². The van der Waals surface area contributed by atoms with Gasteiger partial charge in [-0.3, -0.25) is 0 Å². The van der Waals surface area contributed by atoms with Gasteiger partial charge in [0.2, 0.25) is 0 Å².